The Morgan fingerprint density at radius 2 is 1.48 bits per heavy atom. The van der Waals surface area contributed by atoms with E-state index in [1.807, 2.05) is 48.5 Å². The van der Waals surface area contributed by atoms with Crippen molar-refractivity contribution < 1.29 is 19.1 Å². The molecule has 0 spiro atoms. The molecule has 0 aromatic heterocycles. The van der Waals surface area contributed by atoms with Gasteiger partial charge in [0.05, 0.1) is 5.56 Å². The third-order valence-electron chi connectivity index (χ3n) is 4.19. The van der Waals surface area contributed by atoms with Crippen LogP contribution in [0.1, 0.15) is 22.3 Å². The molecular weight excluding hydrogens is 366 g/mol. The number of rotatable bonds is 9. The summed E-state index contributed by atoms with van der Waals surface area (Å²) in [6.07, 6.45) is 1.71. The van der Waals surface area contributed by atoms with Gasteiger partial charge in [-0.25, -0.2) is 4.79 Å². The lowest BCUT2D eigenvalue weighted by Crippen LogP contribution is -2.29. The number of carbonyl (C=O) groups excluding carboxylic acids is 2. The molecule has 0 unspecified atom stereocenters. The van der Waals surface area contributed by atoms with Gasteiger partial charge in [0.25, 0.3) is 5.91 Å². The quantitative estimate of drug-likeness (QED) is 0.436. The van der Waals surface area contributed by atoms with Crippen LogP contribution in [0.2, 0.25) is 0 Å². The van der Waals surface area contributed by atoms with Crippen LogP contribution in [-0.2, 0) is 16.0 Å². The second-order valence-electron chi connectivity index (χ2n) is 6.46. The first kappa shape index (κ1) is 20.1. The molecule has 1 N–H and O–H groups in total. The minimum atomic E-state index is -0.567. The third-order valence-corrected chi connectivity index (χ3v) is 4.19. The lowest BCUT2D eigenvalue weighted by atomic mass is 10.1. The van der Waals surface area contributed by atoms with E-state index in [0.717, 1.165) is 12.8 Å². The second kappa shape index (κ2) is 10.7. The lowest BCUT2D eigenvalue weighted by molar-refractivity contribution is -0.124. The number of para-hydroxylation sites is 1. The fraction of sp³-hybridized carbons (Fsp3) is 0.167. The molecule has 0 atom stereocenters. The zero-order valence-electron chi connectivity index (χ0n) is 16.0. The lowest BCUT2D eigenvalue weighted by Gasteiger charge is -2.09. The highest BCUT2D eigenvalue weighted by molar-refractivity contribution is 5.91. The van der Waals surface area contributed by atoms with Gasteiger partial charge in [-0.1, -0.05) is 54.6 Å². The molecule has 5 heteroatoms. The number of ether oxygens (including phenoxy) is 2. The number of hydrogen-bond acceptors (Lipinski definition) is 4. The van der Waals surface area contributed by atoms with E-state index in [0.29, 0.717) is 23.6 Å². The van der Waals surface area contributed by atoms with Crippen molar-refractivity contribution in [3.8, 4) is 11.5 Å². The predicted molar refractivity (Wildman–Crippen MR) is 111 cm³/mol. The van der Waals surface area contributed by atoms with Crippen LogP contribution >= 0.6 is 0 Å². The summed E-state index contributed by atoms with van der Waals surface area (Å²) >= 11 is 0. The Morgan fingerprint density at radius 1 is 0.793 bits per heavy atom. The molecule has 3 aromatic rings. The van der Waals surface area contributed by atoms with E-state index >= 15 is 0 Å². The fourth-order valence-electron chi connectivity index (χ4n) is 2.74. The van der Waals surface area contributed by atoms with Crippen molar-refractivity contribution in [1.82, 2.24) is 5.32 Å². The second-order valence-corrected chi connectivity index (χ2v) is 6.46. The largest absolute Gasteiger partial charge is 0.457 e. The number of nitrogens with one attached hydrogen (secondary N) is 1. The molecule has 0 aliphatic heterocycles. The molecule has 5 nitrogen and oxygen atoms in total. The van der Waals surface area contributed by atoms with Crippen LogP contribution in [0, 0.1) is 0 Å². The molecule has 0 fully saturated rings. The maximum absolute atomic E-state index is 12.2. The van der Waals surface area contributed by atoms with Gasteiger partial charge in [0.1, 0.15) is 11.5 Å². The normalized spacial score (nSPS) is 10.2. The van der Waals surface area contributed by atoms with Crippen LogP contribution in [0.15, 0.2) is 84.9 Å². The van der Waals surface area contributed by atoms with Crippen molar-refractivity contribution in [3.63, 3.8) is 0 Å². The van der Waals surface area contributed by atoms with E-state index in [1.54, 1.807) is 24.3 Å². The molecule has 1 amide bonds. The van der Waals surface area contributed by atoms with E-state index < -0.39 is 5.97 Å². The molecule has 3 aromatic carbocycles. The summed E-state index contributed by atoms with van der Waals surface area (Å²) in [5.41, 5.74) is 1.56. The van der Waals surface area contributed by atoms with E-state index in [1.165, 1.54) is 5.56 Å². The summed E-state index contributed by atoms with van der Waals surface area (Å²) in [5, 5.41) is 2.76. The zero-order valence-corrected chi connectivity index (χ0v) is 16.0. The average Bonchev–Trinajstić information content (AvgIpc) is 2.77. The molecular formula is C24H23NO4. The molecule has 0 heterocycles. The van der Waals surface area contributed by atoms with E-state index in [2.05, 4.69) is 17.4 Å². The minimum absolute atomic E-state index is 0.312. The van der Waals surface area contributed by atoms with Crippen LogP contribution < -0.4 is 10.1 Å². The van der Waals surface area contributed by atoms with Crippen LogP contribution in [0.5, 0.6) is 11.5 Å². The van der Waals surface area contributed by atoms with Crippen molar-refractivity contribution in [3.05, 3.63) is 96.1 Å². The van der Waals surface area contributed by atoms with E-state index in [-0.39, 0.29) is 12.5 Å². The summed E-state index contributed by atoms with van der Waals surface area (Å²) < 4.78 is 10.8. The summed E-state index contributed by atoms with van der Waals surface area (Å²) in [6.45, 7) is 0.222. The molecule has 0 saturated carbocycles. The van der Waals surface area contributed by atoms with Gasteiger partial charge in [-0.15, -0.1) is 0 Å². The zero-order chi connectivity index (χ0) is 20.3. The smallest absolute Gasteiger partial charge is 0.338 e. The number of carbonyl (C=O) groups is 2. The minimum Gasteiger partial charge on any atom is -0.457 e. The number of aryl methyl sites for hydroxylation is 1. The topological polar surface area (TPSA) is 64.6 Å². The first-order valence-corrected chi connectivity index (χ1v) is 9.51. The summed E-state index contributed by atoms with van der Waals surface area (Å²) in [5.74, 6) is 0.315. The van der Waals surface area contributed by atoms with Crippen molar-refractivity contribution >= 4 is 11.9 Å². The number of hydrogen-bond donors (Lipinski definition) is 1. The number of amides is 1. The van der Waals surface area contributed by atoms with Crippen molar-refractivity contribution in [2.24, 2.45) is 0 Å². The number of esters is 1. The molecule has 148 valence electrons. The molecule has 0 aliphatic carbocycles. The first-order valence-electron chi connectivity index (χ1n) is 9.51. The molecule has 0 saturated heterocycles. The summed E-state index contributed by atoms with van der Waals surface area (Å²) in [6, 6.07) is 26.0. The van der Waals surface area contributed by atoms with Gasteiger partial charge in [-0.05, 0) is 48.7 Å². The van der Waals surface area contributed by atoms with Crippen molar-refractivity contribution in [2.45, 2.75) is 12.8 Å². The Hall–Kier alpha value is -3.60. The standard InChI is InChI=1S/C24H23NO4/c26-23(25-16-8-11-19-9-3-1-4-10-19)18-28-24(27)20-12-7-15-22(17-20)29-21-13-5-2-6-14-21/h1-7,9-10,12-15,17H,8,11,16,18H2,(H,25,26). The van der Waals surface area contributed by atoms with E-state index in [4.69, 9.17) is 9.47 Å². The Balaban J connectivity index is 1.40. The molecule has 0 bridgehead atoms. The summed E-state index contributed by atoms with van der Waals surface area (Å²) in [4.78, 5) is 24.1. The highest BCUT2D eigenvalue weighted by atomic mass is 16.5. The Kier molecular flexibility index (Phi) is 7.41. The van der Waals surface area contributed by atoms with Gasteiger partial charge in [0.15, 0.2) is 6.61 Å². The SMILES string of the molecule is O=C(COC(=O)c1cccc(Oc2ccccc2)c1)NCCCc1ccccc1. The fourth-order valence-corrected chi connectivity index (χ4v) is 2.74. The van der Waals surface area contributed by atoms with E-state index in [9.17, 15) is 9.59 Å². The highest BCUT2D eigenvalue weighted by Gasteiger charge is 2.11. The first-order chi connectivity index (χ1) is 14.2. The van der Waals surface area contributed by atoms with Crippen LogP contribution in [0.4, 0.5) is 0 Å². The highest BCUT2D eigenvalue weighted by Crippen LogP contribution is 2.22. The maximum atomic E-state index is 12.2. The monoisotopic (exact) mass is 389 g/mol. The predicted octanol–water partition coefficient (Wildman–Crippen LogP) is 4.38. The van der Waals surface area contributed by atoms with Crippen LogP contribution in [0.25, 0.3) is 0 Å². The Morgan fingerprint density at radius 3 is 2.24 bits per heavy atom. The van der Waals surface area contributed by atoms with Gasteiger partial charge in [-0.3, -0.25) is 4.79 Å². The van der Waals surface area contributed by atoms with Crippen LogP contribution in [-0.4, -0.2) is 25.0 Å². The summed E-state index contributed by atoms with van der Waals surface area (Å²) in [7, 11) is 0. The van der Waals surface area contributed by atoms with Gasteiger partial charge in [-0.2, -0.15) is 0 Å². The van der Waals surface area contributed by atoms with Gasteiger partial charge >= 0.3 is 5.97 Å². The third kappa shape index (κ3) is 6.81. The molecule has 3 rings (SSSR count). The molecule has 0 aliphatic rings. The molecule has 29 heavy (non-hydrogen) atoms. The van der Waals surface area contributed by atoms with Crippen molar-refractivity contribution in [2.75, 3.05) is 13.2 Å². The number of benzene rings is 3. The molecule has 0 radical (unpaired) electrons. The maximum Gasteiger partial charge on any atom is 0.338 e. The van der Waals surface area contributed by atoms with Crippen molar-refractivity contribution in [1.29, 1.82) is 0 Å². The van der Waals surface area contributed by atoms with Crippen LogP contribution in [0.3, 0.4) is 0 Å². The van der Waals surface area contributed by atoms with Gasteiger partial charge in [0.2, 0.25) is 0 Å². The average molecular weight is 389 g/mol. The van der Waals surface area contributed by atoms with Gasteiger partial charge in [0, 0.05) is 6.54 Å². The Labute approximate surface area is 170 Å². The van der Waals surface area contributed by atoms with Gasteiger partial charge < -0.3 is 14.8 Å². The Bertz CT molecular complexity index is 926.